The number of carbonyl (C=O) groups excluding carboxylic acids is 1. The predicted molar refractivity (Wildman–Crippen MR) is 224 cm³/mol. The van der Waals surface area contributed by atoms with Gasteiger partial charge < -0.3 is 28.2 Å². The normalized spacial score (nSPS) is 13.1. The number of esters is 1. The first-order valence-electron chi connectivity index (χ1n) is 17.6. The maximum absolute atomic E-state index is 14.0. The van der Waals surface area contributed by atoms with Crippen molar-refractivity contribution in [2.24, 2.45) is 4.99 Å². The molecule has 0 radical (unpaired) electrons. The second kappa shape index (κ2) is 17.7. The molecular formula is C42H32Cl2N6O8S. The Labute approximate surface area is 350 Å². The fraction of sp³-hybridized carbons (Fsp3) is 0.119. The number of allylic oxidation sites excluding steroid dienone is 1. The van der Waals surface area contributed by atoms with Crippen LogP contribution in [0.25, 0.3) is 21.8 Å². The third-order valence-electron chi connectivity index (χ3n) is 8.52. The number of rotatable bonds is 14. The van der Waals surface area contributed by atoms with Gasteiger partial charge in [0.05, 0.1) is 35.1 Å². The second-order valence-electron chi connectivity index (χ2n) is 12.7. The number of aliphatic imine (C=N–C) groups is 1. The minimum Gasteiger partial charge on any atom is -0.505 e. The number of carbonyl (C=O) groups is 1. The molecule has 0 saturated carbocycles. The van der Waals surface area contributed by atoms with E-state index in [0.29, 0.717) is 22.8 Å². The van der Waals surface area contributed by atoms with Crippen molar-refractivity contribution in [2.75, 3.05) is 25.0 Å². The first-order chi connectivity index (χ1) is 28.5. The smallest absolute Gasteiger partial charge is 0.336 e. The molecule has 6 aromatic rings. The number of nitrogens with zero attached hydrogens (tertiary/aromatic N) is 5. The van der Waals surface area contributed by atoms with E-state index in [4.69, 9.17) is 52.9 Å². The van der Waals surface area contributed by atoms with E-state index in [1.54, 1.807) is 55.6 Å². The van der Waals surface area contributed by atoms with Crippen molar-refractivity contribution in [3.05, 3.63) is 147 Å². The zero-order valence-electron chi connectivity index (χ0n) is 31.4. The van der Waals surface area contributed by atoms with Gasteiger partial charge in [-0.05, 0) is 80.1 Å². The third-order valence-corrected chi connectivity index (χ3v) is 9.83. The Hall–Kier alpha value is -6.86. The van der Waals surface area contributed by atoms with E-state index in [0.717, 1.165) is 11.1 Å². The summed E-state index contributed by atoms with van der Waals surface area (Å²) in [5, 5.41) is 14.5. The fourth-order valence-electron chi connectivity index (χ4n) is 5.66. The highest BCUT2D eigenvalue weighted by Crippen LogP contribution is 2.38. The van der Waals surface area contributed by atoms with Gasteiger partial charge >= 0.3 is 17.2 Å². The molecule has 5 aromatic carbocycles. The molecule has 0 fully saturated rings. The van der Waals surface area contributed by atoms with Gasteiger partial charge in [-0.3, -0.25) is 4.72 Å². The van der Waals surface area contributed by atoms with Gasteiger partial charge in [-0.25, -0.2) is 24.3 Å². The molecule has 0 aliphatic carbocycles. The number of fused-ring (bicyclic) bond motifs is 1. The predicted octanol–water partition coefficient (Wildman–Crippen LogP) is 8.94. The molecule has 0 spiro atoms. The van der Waals surface area contributed by atoms with Crippen molar-refractivity contribution in [1.29, 1.82) is 0 Å². The van der Waals surface area contributed by atoms with Crippen molar-refractivity contribution in [2.45, 2.75) is 13.8 Å². The standard InChI is InChI=1S/C42H32Cl2N6O8S/c1-24-8-11-26(12-9-24)39-47-40-36(37(45-3)41(50(40)48-39)46-28-22-32(43)38(51)33(44)23-28)42(52)57-31-7-5-6-27(21-31)49-59(53)58-35-20-25(2)10-17-34(35)56-19-18-55-30-15-13-29(54-4)14-16-30/h5-17,20-23,49,51H,18-19H2,1-2,4H3. The van der Waals surface area contributed by atoms with Crippen molar-refractivity contribution in [3.8, 4) is 45.9 Å². The topological polar surface area (TPSA) is 160 Å². The summed E-state index contributed by atoms with van der Waals surface area (Å²) in [6, 6.07) is 28.7. The zero-order valence-corrected chi connectivity index (χ0v) is 33.8. The average Bonchev–Trinajstić information content (AvgIpc) is 3.77. The van der Waals surface area contributed by atoms with Crippen LogP contribution in [0.2, 0.25) is 10.0 Å². The van der Waals surface area contributed by atoms with Gasteiger partial charge in [-0.2, -0.15) is 4.21 Å². The van der Waals surface area contributed by atoms with Gasteiger partial charge in [-0.15, -0.1) is 5.10 Å². The first-order valence-corrected chi connectivity index (χ1v) is 19.5. The van der Waals surface area contributed by atoms with Crippen LogP contribution in [0, 0.1) is 20.4 Å². The van der Waals surface area contributed by atoms with Crippen molar-refractivity contribution >= 4 is 63.2 Å². The summed E-state index contributed by atoms with van der Waals surface area (Å²) in [6.07, 6.45) is 0. The van der Waals surface area contributed by atoms with E-state index in [1.807, 2.05) is 44.2 Å². The van der Waals surface area contributed by atoms with Gasteiger partial charge in [0.15, 0.2) is 34.7 Å². The Morgan fingerprint density at radius 1 is 0.881 bits per heavy atom. The summed E-state index contributed by atoms with van der Waals surface area (Å²) in [5.74, 6) is 0.967. The average molecular weight is 852 g/mol. The Morgan fingerprint density at radius 3 is 2.29 bits per heavy atom. The number of aryl methyl sites for hydroxylation is 2. The lowest BCUT2D eigenvalue weighted by atomic mass is 10.1. The number of phenolic OH excluding ortho intramolecular Hbond substituents is 1. The first kappa shape index (κ1) is 40.3. The van der Waals surface area contributed by atoms with E-state index in [9.17, 15) is 14.1 Å². The number of benzene rings is 5. The minimum atomic E-state index is -2.12. The number of nitrogens with one attached hydrogen (secondary N) is 1. The van der Waals surface area contributed by atoms with Gasteiger partial charge in [0.1, 0.15) is 36.0 Å². The van der Waals surface area contributed by atoms with Crippen molar-refractivity contribution in [3.63, 3.8) is 0 Å². The van der Waals surface area contributed by atoms with Crippen molar-refractivity contribution < 1.29 is 37.2 Å². The highest BCUT2D eigenvalue weighted by atomic mass is 35.5. The van der Waals surface area contributed by atoms with E-state index < -0.39 is 17.2 Å². The number of aromatic hydroxyl groups is 1. The van der Waals surface area contributed by atoms with Gasteiger partial charge in [0, 0.05) is 11.6 Å². The molecular weight excluding hydrogens is 819 g/mol. The summed E-state index contributed by atoms with van der Waals surface area (Å²) in [4.78, 5) is 26.8. The van der Waals surface area contributed by atoms with Gasteiger partial charge in [0.2, 0.25) is 5.70 Å². The SMILES string of the molecule is [C-]#[N+]C1=C(C(=O)Oc2cccc(NS(=O)Oc3cc(C)ccc3OCCOc3ccc(OC)cc3)c2)c2nc(-c3ccc(C)cc3)nn2C1=Nc1cc(Cl)c(O)c(Cl)c1. The maximum atomic E-state index is 14.0. The highest BCUT2D eigenvalue weighted by molar-refractivity contribution is 7.82. The summed E-state index contributed by atoms with van der Waals surface area (Å²) in [6.45, 7) is 12.3. The third kappa shape index (κ3) is 9.31. The number of hydrogen-bond acceptors (Lipinski definition) is 11. The zero-order chi connectivity index (χ0) is 41.6. The minimum absolute atomic E-state index is 0.0125. The number of phenols is 1. The number of anilines is 1. The van der Waals surface area contributed by atoms with Gasteiger partial charge in [-0.1, -0.05) is 65.2 Å². The Kier molecular flexibility index (Phi) is 12.1. The number of halogens is 2. The molecule has 1 atom stereocenters. The molecule has 14 nitrogen and oxygen atoms in total. The molecule has 0 saturated heterocycles. The molecule has 59 heavy (non-hydrogen) atoms. The molecule has 298 valence electrons. The van der Waals surface area contributed by atoms with Crippen LogP contribution >= 0.6 is 23.2 Å². The lowest BCUT2D eigenvalue weighted by molar-refractivity contribution is -0.127. The summed E-state index contributed by atoms with van der Waals surface area (Å²) in [7, 11) is 1.59. The van der Waals surface area contributed by atoms with E-state index >= 15 is 0 Å². The lowest BCUT2D eigenvalue weighted by Crippen LogP contribution is -2.14. The Balaban J connectivity index is 1.08. The van der Waals surface area contributed by atoms with Crippen LogP contribution in [-0.2, 0) is 16.1 Å². The molecule has 1 unspecified atom stereocenters. The van der Waals surface area contributed by atoms with Crippen LogP contribution in [0.15, 0.2) is 114 Å². The maximum Gasteiger partial charge on any atom is 0.336 e. The highest BCUT2D eigenvalue weighted by Gasteiger charge is 2.38. The monoisotopic (exact) mass is 850 g/mol. The molecule has 0 amide bonds. The van der Waals surface area contributed by atoms with Gasteiger partial charge in [0.25, 0.3) is 0 Å². The van der Waals surface area contributed by atoms with Crippen LogP contribution in [0.4, 0.5) is 11.4 Å². The molecule has 7 rings (SSSR count). The number of aromatic nitrogens is 3. The van der Waals surface area contributed by atoms with Crippen LogP contribution < -0.4 is 27.9 Å². The Bertz CT molecular complexity index is 2670. The number of ether oxygens (including phenoxy) is 4. The van der Waals surface area contributed by atoms with Crippen LogP contribution in [0.5, 0.6) is 34.5 Å². The van der Waals surface area contributed by atoms with Crippen molar-refractivity contribution in [1.82, 2.24) is 14.8 Å². The summed E-state index contributed by atoms with van der Waals surface area (Å²) in [5.41, 5.74) is 2.59. The summed E-state index contributed by atoms with van der Waals surface area (Å²) >= 11 is 10.2. The van der Waals surface area contributed by atoms with E-state index in [1.165, 1.54) is 28.9 Å². The number of methoxy groups -OCH3 is 1. The molecule has 0 bridgehead atoms. The van der Waals surface area contributed by atoms with Crippen LogP contribution in [0.3, 0.4) is 0 Å². The van der Waals surface area contributed by atoms with Crippen LogP contribution in [-0.4, -0.2) is 56.2 Å². The molecule has 2 N–H and O–H groups in total. The largest absolute Gasteiger partial charge is 0.505 e. The number of hydrogen-bond donors (Lipinski definition) is 2. The summed E-state index contributed by atoms with van der Waals surface area (Å²) < 4.78 is 45.6. The lowest BCUT2D eigenvalue weighted by Gasteiger charge is -2.14. The molecule has 17 heteroatoms. The fourth-order valence-corrected chi connectivity index (χ4v) is 6.79. The second-order valence-corrected chi connectivity index (χ2v) is 14.4. The van der Waals surface area contributed by atoms with E-state index in [2.05, 4.69) is 24.6 Å². The molecule has 2 heterocycles. The molecule has 1 aliphatic rings. The van der Waals surface area contributed by atoms with Crippen LogP contribution in [0.1, 0.15) is 17.0 Å². The quantitative estimate of drug-likeness (QED) is 0.0469. The Morgan fingerprint density at radius 2 is 1.58 bits per heavy atom. The van der Waals surface area contributed by atoms with E-state index in [-0.39, 0.29) is 80.6 Å². The molecule has 1 aromatic heterocycles. The molecule has 1 aliphatic heterocycles.